The number of aliphatic hydroxyl groups excluding tert-OH is 5. The monoisotopic (exact) mass is 1770 g/mol. The largest absolute Gasteiger partial charge is 0.466 e. The van der Waals surface area contributed by atoms with Crippen molar-refractivity contribution in [3.63, 3.8) is 0 Å². The first-order valence-corrected chi connectivity index (χ1v) is 43.0. The van der Waals surface area contributed by atoms with Crippen molar-refractivity contribution in [1.82, 2.24) is 0 Å². The van der Waals surface area contributed by atoms with Gasteiger partial charge in [0.15, 0.2) is 23.8 Å². The molecule has 9 N–H and O–H groups in total. The molecule has 700 valence electrons. The van der Waals surface area contributed by atoms with Gasteiger partial charge in [-0.15, -0.1) is 0 Å². The van der Waals surface area contributed by atoms with E-state index in [2.05, 4.69) is 0 Å². The Morgan fingerprint density at radius 2 is 0.832 bits per heavy atom. The van der Waals surface area contributed by atoms with Crippen LogP contribution in [-0.4, -0.2) is 261 Å². The molecule has 0 aliphatic carbocycles. The van der Waals surface area contributed by atoms with Crippen molar-refractivity contribution in [3.05, 3.63) is 120 Å². The molecule has 22 atom stereocenters. The Morgan fingerprint density at radius 3 is 1.20 bits per heavy atom. The summed E-state index contributed by atoms with van der Waals surface area (Å²) in [5.41, 5.74) is -4.06. The Balaban J connectivity index is 0.000000344. The van der Waals surface area contributed by atoms with Crippen LogP contribution >= 0.6 is 0 Å². The Morgan fingerprint density at radius 1 is 0.456 bits per heavy atom. The van der Waals surface area contributed by atoms with Gasteiger partial charge in [0.05, 0.1) is 126 Å². The van der Waals surface area contributed by atoms with Crippen LogP contribution in [-0.2, 0) is 114 Å². The van der Waals surface area contributed by atoms with E-state index in [0.717, 1.165) is 51.0 Å². The van der Waals surface area contributed by atoms with E-state index in [1.807, 2.05) is 26.0 Å². The lowest BCUT2D eigenvalue weighted by atomic mass is 9.70. The van der Waals surface area contributed by atoms with Crippen LogP contribution in [0.1, 0.15) is 218 Å². The number of carbonyl (C=O) groups excluding carboxylic acids is 9. The van der Waals surface area contributed by atoms with Gasteiger partial charge in [-0.25, -0.2) is 28.8 Å². The minimum atomic E-state index is -2.47. The number of ether oxygens (including phenoxy) is 15. The lowest BCUT2D eigenvalue weighted by Gasteiger charge is -2.53. The molecule has 12 bridgehead atoms. The fraction of sp³-hybridized carbons (Fsp3) is 0.685. The molecule has 0 radical (unpaired) electrons. The van der Waals surface area contributed by atoms with Gasteiger partial charge in [-0.05, 0) is 76.4 Å². The topological polar surface area (TPSA) is 474 Å². The minimum absolute atomic E-state index is 0.0448. The molecule has 0 spiro atoms. The zero-order valence-corrected chi connectivity index (χ0v) is 75.1. The van der Waals surface area contributed by atoms with E-state index in [4.69, 9.17) is 71.1 Å². The van der Waals surface area contributed by atoms with Gasteiger partial charge in [0.25, 0.3) is 0 Å². The molecule has 0 amide bonds. The van der Waals surface area contributed by atoms with Crippen molar-refractivity contribution in [2.24, 2.45) is 21.7 Å². The van der Waals surface area contributed by atoms with Crippen LogP contribution in [0.5, 0.6) is 0 Å². The third-order valence-corrected chi connectivity index (χ3v) is 24.5. The smallest absolute Gasteiger partial charge is 0.331 e. The molecular formula is C92H134O33. The summed E-state index contributed by atoms with van der Waals surface area (Å²) < 4.78 is 87.4. The number of methoxy groups -OCH3 is 4. The maximum absolute atomic E-state index is 13.4. The van der Waals surface area contributed by atoms with Crippen LogP contribution in [0.25, 0.3) is 0 Å². The van der Waals surface area contributed by atoms with Crippen molar-refractivity contribution in [2.75, 3.05) is 28.4 Å². The third kappa shape index (κ3) is 28.0. The summed E-state index contributed by atoms with van der Waals surface area (Å²) in [6.45, 7) is 21.1. The fourth-order valence-electron chi connectivity index (χ4n) is 16.8. The normalized spacial score (nSPS) is 36.4. The van der Waals surface area contributed by atoms with Crippen molar-refractivity contribution >= 4 is 53.7 Å². The summed E-state index contributed by atoms with van der Waals surface area (Å²) in [5, 5.41) is 106. The van der Waals surface area contributed by atoms with Gasteiger partial charge in [0.1, 0.15) is 18.3 Å². The van der Waals surface area contributed by atoms with Crippen molar-refractivity contribution in [3.8, 4) is 0 Å². The molecule has 0 aromatic carbocycles. The summed E-state index contributed by atoms with van der Waals surface area (Å²) in [6, 6.07) is 0. The highest BCUT2D eigenvalue weighted by Crippen LogP contribution is 2.53. The van der Waals surface area contributed by atoms with Crippen molar-refractivity contribution in [1.29, 1.82) is 0 Å². The number of carbonyl (C=O) groups is 9. The Hall–Kier alpha value is -7.97. The number of aliphatic hydroxyl groups is 9. The summed E-state index contributed by atoms with van der Waals surface area (Å²) in [4.78, 5) is 117. The number of hydrogen-bond donors (Lipinski definition) is 9. The zero-order valence-electron chi connectivity index (χ0n) is 75.1. The van der Waals surface area contributed by atoms with Crippen LogP contribution in [0.15, 0.2) is 120 Å². The summed E-state index contributed by atoms with van der Waals surface area (Å²) in [7, 11) is 4.82. The van der Waals surface area contributed by atoms with E-state index >= 15 is 0 Å². The summed E-state index contributed by atoms with van der Waals surface area (Å²) >= 11 is 0. The predicted molar refractivity (Wildman–Crippen MR) is 447 cm³/mol. The van der Waals surface area contributed by atoms with Crippen molar-refractivity contribution < 1.29 is 160 Å². The third-order valence-electron chi connectivity index (χ3n) is 24.5. The van der Waals surface area contributed by atoms with Crippen molar-refractivity contribution in [2.45, 2.75) is 351 Å². The lowest BCUT2D eigenvalue weighted by Crippen LogP contribution is -2.62. The highest BCUT2D eigenvalue weighted by Gasteiger charge is 2.62. The minimum Gasteiger partial charge on any atom is -0.466 e. The molecule has 0 saturated carbocycles. The second-order valence-corrected chi connectivity index (χ2v) is 36.0. The second kappa shape index (κ2) is 45.3. The van der Waals surface area contributed by atoms with E-state index in [1.54, 1.807) is 91.8 Å². The van der Waals surface area contributed by atoms with Crippen LogP contribution < -0.4 is 0 Å². The number of allylic oxidation sites excluding steroid dienone is 6. The maximum atomic E-state index is 13.4. The first kappa shape index (κ1) is 104. The molecule has 6 fully saturated rings. The molecule has 8 rings (SSSR count). The molecule has 8 aliphatic rings. The number of rotatable bonds is 17. The average molecular weight is 1770 g/mol. The summed E-state index contributed by atoms with van der Waals surface area (Å²) in [5.74, 6) is -15.9. The number of fused-ring (bicyclic) bond motifs is 12. The van der Waals surface area contributed by atoms with E-state index in [1.165, 1.54) is 72.5 Å². The first-order chi connectivity index (χ1) is 58.5. The van der Waals surface area contributed by atoms with Gasteiger partial charge in [-0.1, -0.05) is 154 Å². The van der Waals surface area contributed by atoms with E-state index in [0.29, 0.717) is 11.1 Å². The van der Waals surface area contributed by atoms with Crippen LogP contribution in [0, 0.1) is 21.7 Å². The molecule has 33 heteroatoms. The molecule has 8 heterocycles. The van der Waals surface area contributed by atoms with Gasteiger partial charge >= 0.3 is 53.7 Å². The molecule has 0 unspecified atom stereocenters. The quantitative estimate of drug-likeness (QED) is 0.0219. The SMILES string of the molecule is CCC/C=C/C=C/C(=O)O[C@H]1/C(=C/C(=O)OC)C[C@H]2C[C@H]([C@@H](C)O)OC(=O)C[C@H](O)C[C@@H]3C[C@H](O)C(C)(C)[C@](O)(C[C@@H]4C/C(=C/C(=O)OC)C[C@H](/C=C/C(C)(C)[C@]1(O)O2)O4)O3.CCC/C=C/C=C/C(=O)O[C@H]1/C(=C/C(=O)OC)C[C@H]2C[C@H]([C@@H](C)O)OC(=O)C[C@H](O)C[C@@H]3C[C@H](OC(C)=O)C(C)(C)[C@](O)(C[C@@H]4C/C(=C/C(=O)OC)C[C@H](/C=C/C(C)(C)[C@]1(O)O2)O4)O3. The Kier molecular flexibility index (Phi) is 37.8. The fourth-order valence-corrected chi connectivity index (χ4v) is 16.8. The van der Waals surface area contributed by atoms with E-state index in [9.17, 15) is 89.1 Å². The molecule has 0 aromatic heterocycles. The second-order valence-electron chi connectivity index (χ2n) is 36.0. The van der Waals surface area contributed by atoms with Crippen LogP contribution in [0.4, 0.5) is 0 Å². The first-order valence-electron chi connectivity index (χ1n) is 43.0. The van der Waals surface area contributed by atoms with Crippen LogP contribution in [0.3, 0.4) is 0 Å². The predicted octanol–water partition coefficient (Wildman–Crippen LogP) is 7.99. The van der Waals surface area contributed by atoms with Gasteiger partial charge in [0, 0.05) is 111 Å². The summed E-state index contributed by atoms with van der Waals surface area (Å²) in [6.07, 6.45) is 5.30. The highest BCUT2D eigenvalue weighted by molar-refractivity contribution is 5.86. The Labute approximate surface area is 731 Å². The zero-order chi connectivity index (χ0) is 93.0. The molecule has 125 heavy (non-hydrogen) atoms. The standard InChI is InChI=1S/C47H68O17.C45H66O16/c1-10-11-12-13-14-15-39(51)62-43-31(22-41(53)58-9)21-34-25-37(28(2)48)61-42(54)24-32(50)23-35-26-38(59-29(3)49)45(6,7)46(55,63-35)27-36-19-30(20-40(52)57-8)18-33(60-36)16-17-44(4,5)47(43,56)64-34;1-9-10-11-12-13-14-37(49)59-41-29(21-39(51)56-8)20-32-24-35(27(2)46)58-40(52)23-30(47)22-33-25-36(48)43(5,6)44(53,60-33)26-34-18-28(19-38(50)55-7)17-31(57-34)15-16-42(3,4)45(41,54)61-32/h12-17,20,22,28,32-38,43,48,50,55-56H,10-11,18-19,21,23-27H2,1-9H3;11-16,19,21,27,30-36,41,46-48,53-54H,9-10,17-18,20,22-26H2,1-8H3/b13-12+,15-14+,17-16+,30-20+,31-22+;12-11+,14-13+,16-15+,28-19+,29-21+/t28-,32-,33+,34+,35-,36+,37-,38+,43+,46+,47-;27-,30-,31+,32+,33-,34+,35-,36+,41+,44+,45-/m11/s1. The van der Waals surface area contributed by atoms with Gasteiger partial charge in [-0.2, -0.15) is 0 Å². The van der Waals surface area contributed by atoms with Gasteiger partial charge < -0.3 is 117 Å². The number of hydrogen-bond acceptors (Lipinski definition) is 33. The van der Waals surface area contributed by atoms with E-state index in [-0.39, 0.29) is 101 Å². The lowest BCUT2D eigenvalue weighted by molar-refractivity contribution is -0.349. The maximum Gasteiger partial charge on any atom is 0.331 e. The molecule has 33 nitrogen and oxygen atoms in total. The average Bonchev–Trinajstić information content (AvgIpc) is 0.753. The number of cyclic esters (lactones) is 2. The molecular weight excluding hydrogens is 1630 g/mol. The highest BCUT2D eigenvalue weighted by atomic mass is 16.7. The van der Waals surface area contributed by atoms with Crippen LogP contribution in [0.2, 0.25) is 0 Å². The molecule has 8 aliphatic heterocycles. The Bertz CT molecular complexity index is 4040. The number of unbranched alkanes of at least 4 members (excludes halogenated alkanes) is 2. The molecule has 0 aromatic rings. The molecule has 6 saturated heterocycles. The number of esters is 9. The van der Waals surface area contributed by atoms with Gasteiger partial charge in [0.2, 0.25) is 11.6 Å². The van der Waals surface area contributed by atoms with E-state index < -0.39 is 221 Å². The van der Waals surface area contributed by atoms with Gasteiger partial charge in [-0.3, -0.25) is 14.4 Å².